The number of nitrogen functional groups attached to an aromatic ring is 1. The third-order valence-electron chi connectivity index (χ3n) is 6.83. The smallest absolute Gasteiger partial charge is 0.416 e. The third kappa shape index (κ3) is 6.36. The molecular formula is C26H30F6N8O2. The average Bonchev–Trinajstić information content (AvgIpc) is 3.31. The minimum absolute atomic E-state index is 0.0616. The van der Waals surface area contributed by atoms with E-state index in [0.29, 0.717) is 29.8 Å². The molecule has 1 amide bonds. The molecule has 10 nitrogen and oxygen atoms in total. The highest BCUT2D eigenvalue weighted by molar-refractivity contribution is 5.90. The summed E-state index contributed by atoms with van der Waals surface area (Å²) in [6.45, 7) is 6.47. The summed E-state index contributed by atoms with van der Waals surface area (Å²) >= 11 is 0. The van der Waals surface area contributed by atoms with Gasteiger partial charge in [-0.3, -0.25) is 4.90 Å². The lowest BCUT2D eigenvalue weighted by atomic mass is 9.91. The minimum Gasteiger partial charge on any atom is -0.446 e. The Hall–Kier alpha value is -4.11. The quantitative estimate of drug-likeness (QED) is 0.353. The molecule has 0 spiro atoms. The van der Waals surface area contributed by atoms with Crippen molar-refractivity contribution in [1.29, 1.82) is 0 Å². The molecule has 3 aromatic rings. The summed E-state index contributed by atoms with van der Waals surface area (Å²) in [6, 6.07) is 1.74. The van der Waals surface area contributed by atoms with Crippen LogP contribution in [0.25, 0.3) is 0 Å². The van der Waals surface area contributed by atoms with Gasteiger partial charge in [-0.25, -0.2) is 9.78 Å². The van der Waals surface area contributed by atoms with Gasteiger partial charge in [-0.05, 0) is 74.2 Å². The van der Waals surface area contributed by atoms with Crippen molar-refractivity contribution in [3.8, 4) is 0 Å². The first-order valence-electron chi connectivity index (χ1n) is 13.0. The molecule has 1 aliphatic rings. The Labute approximate surface area is 237 Å². The van der Waals surface area contributed by atoms with E-state index >= 15 is 0 Å². The van der Waals surface area contributed by atoms with E-state index in [0.717, 1.165) is 4.80 Å². The van der Waals surface area contributed by atoms with Gasteiger partial charge in [0.25, 0.3) is 5.95 Å². The largest absolute Gasteiger partial charge is 0.446 e. The first-order valence-corrected chi connectivity index (χ1v) is 13.0. The van der Waals surface area contributed by atoms with Crippen LogP contribution in [0.1, 0.15) is 67.6 Å². The van der Waals surface area contributed by atoms with Gasteiger partial charge >= 0.3 is 18.4 Å². The van der Waals surface area contributed by atoms with Crippen molar-refractivity contribution < 1.29 is 35.9 Å². The number of tetrazole rings is 1. The zero-order valence-corrected chi connectivity index (χ0v) is 23.5. The fourth-order valence-electron chi connectivity index (χ4n) is 4.88. The zero-order valence-electron chi connectivity index (χ0n) is 23.5. The van der Waals surface area contributed by atoms with Gasteiger partial charge in [0, 0.05) is 12.6 Å². The molecule has 0 bridgehead atoms. The number of fused-ring (bicyclic) bond motifs is 1. The Kier molecular flexibility index (Phi) is 8.29. The summed E-state index contributed by atoms with van der Waals surface area (Å²) in [5, 5.41) is 12.0. The third-order valence-corrected chi connectivity index (χ3v) is 6.83. The van der Waals surface area contributed by atoms with Gasteiger partial charge in [-0.15, -0.1) is 5.10 Å². The number of nitrogens with zero attached hydrogens (tertiary/aromatic N) is 7. The molecule has 0 aliphatic carbocycles. The number of aromatic nitrogens is 5. The standard InChI is InChI=1S/C26H30F6N8O2/c1-6-18-11-19(21-20(7-14(4)22(33)34-21)40(18)24(41)42-13(2)3)39(23-35-37-38(5)36-23)12-15-8-16(25(27,28)29)10-17(9-15)26(30,31)32/h7-10,13,18-19H,6,11-12H2,1-5H3,(H2,33,34)/t18-,19-/m1/s1. The highest BCUT2D eigenvalue weighted by Crippen LogP contribution is 2.44. The number of alkyl halides is 6. The number of carbonyl (C=O) groups excluding carboxylic acids is 1. The second-order valence-corrected chi connectivity index (χ2v) is 10.3. The van der Waals surface area contributed by atoms with E-state index in [4.69, 9.17) is 10.5 Å². The van der Waals surface area contributed by atoms with Crippen LogP contribution >= 0.6 is 0 Å². The van der Waals surface area contributed by atoms with Crippen LogP contribution in [0, 0.1) is 6.92 Å². The molecule has 2 N–H and O–H groups in total. The number of hydrogen-bond donors (Lipinski definition) is 1. The van der Waals surface area contributed by atoms with E-state index in [1.165, 1.54) is 16.8 Å². The number of nitrogens with two attached hydrogens (primary N) is 1. The van der Waals surface area contributed by atoms with E-state index < -0.39 is 54.3 Å². The van der Waals surface area contributed by atoms with Gasteiger partial charge < -0.3 is 15.4 Å². The Morgan fingerprint density at radius 3 is 2.24 bits per heavy atom. The Morgan fingerprint density at radius 1 is 1.12 bits per heavy atom. The molecule has 42 heavy (non-hydrogen) atoms. The van der Waals surface area contributed by atoms with E-state index in [9.17, 15) is 31.1 Å². The molecule has 1 aromatic carbocycles. The SMILES string of the molecule is CC[C@@H]1C[C@@H](N(Cc2cc(C(F)(F)F)cc(C(F)(F)F)c2)c2nnn(C)n2)c2nc(N)c(C)cc2N1C(=O)OC(C)C. The first-order chi connectivity index (χ1) is 19.5. The van der Waals surface area contributed by atoms with Crippen molar-refractivity contribution in [1.82, 2.24) is 25.2 Å². The van der Waals surface area contributed by atoms with E-state index in [1.54, 1.807) is 26.8 Å². The summed E-state index contributed by atoms with van der Waals surface area (Å²) in [5.41, 5.74) is 4.13. The van der Waals surface area contributed by atoms with Crippen LogP contribution in [-0.4, -0.2) is 43.4 Å². The minimum atomic E-state index is -5.03. The topological polar surface area (TPSA) is 115 Å². The van der Waals surface area contributed by atoms with Crippen LogP contribution < -0.4 is 15.5 Å². The zero-order chi connectivity index (χ0) is 31.1. The number of halogens is 6. The molecule has 228 valence electrons. The number of aryl methyl sites for hydroxylation is 2. The van der Waals surface area contributed by atoms with Crippen molar-refractivity contribution in [2.45, 2.75) is 77.6 Å². The lowest BCUT2D eigenvalue weighted by Gasteiger charge is -2.43. The van der Waals surface area contributed by atoms with Gasteiger partial charge in [0.1, 0.15) is 5.82 Å². The van der Waals surface area contributed by atoms with Gasteiger partial charge in [-0.1, -0.05) is 12.0 Å². The normalized spacial score (nSPS) is 17.4. The average molecular weight is 601 g/mol. The number of hydrogen-bond acceptors (Lipinski definition) is 8. The van der Waals surface area contributed by atoms with Crippen molar-refractivity contribution in [2.75, 3.05) is 15.5 Å². The molecule has 0 saturated carbocycles. The maximum absolute atomic E-state index is 13.6. The Morgan fingerprint density at radius 2 is 1.74 bits per heavy atom. The molecule has 3 heterocycles. The van der Waals surface area contributed by atoms with Crippen LogP contribution in [0.3, 0.4) is 0 Å². The lowest BCUT2D eigenvalue weighted by molar-refractivity contribution is -0.143. The first kappa shape index (κ1) is 30.8. The number of amides is 1. The van der Waals surface area contributed by atoms with Crippen LogP contribution in [0.5, 0.6) is 0 Å². The van der Waals surface area contributed by atoms with Crippen LogP contribution in [0.4, 0.5) is 48.6 Å². The van der Waals surface area contributed by atoms with E-state index in [-0.39, 0.29) is 35.5 Å². The van der Waals surface area contributed by atoms with Crippen molar-refractivity contribution in [2.24, 2.45) is 7.05 Å². The number of carbonyl (C=O) groups is 1. The van der Waals surface area contributed by atoms with Gasteiger partial charge in [0.15, 0.2) is 0 Å². The highest BCUT2D eigenvalue weighted by Gasteiger charge is 2.42. The van der Waals surface area contributed by atoms with E-state index in [2.05, 4.69) is 20.4 Å². The molecule has 2 atom stereocenters. The number of rotatable bonds is 6. The van der Waals surface area contributed by atoms with Crippen molar-refractivity contribution in [3.63, 3.8) is 0 Å². The van der Waals surface area contributed by atoms with Crippen molar-refractivity contribution in [3.05, 3.63) is 52.2 Å². The fourth-order valence-corrected chi connectivity index (χ4v) is 4.88. The van der Waals surface area contributed by atoms with Gasteiger partial charge in [-0.2, -0.15) is 31.1 Å². The summed E-state index contributed by atoms with van der Waals surface area (Å²) in [7, 11) is 1.47. The van der Waals surface area contributed by atoms with E-state index in [1.807, 2.05) is 6.92 Å². The lowest BCUT2D eigenvalue weighted by Crippen LogP contribution is -2.49. The molecule has 0 fully saturated rings. The second-order valence-electron chi connectivity index (χ2n) is 10.3. The van der Waals surface area contributed by atoms with Crippen molar-refractivity contribution >= 4 is 23.5 Å². The summed E-state index contributed by atoms with van der Waals surface area (Å²) < 4.78 is 87.4. The van der Waals surface area contributed by atoms with Gasteiger partial charge in [0.05, 0.1) is 41.7 Å². The number of benzene rings is 1. The molecule has 0 unspecified atom stereocenters. The summed E-state index contributed by atoms with van der Waals surface area (Å²) in [5.74, 6) is 0.0739. The number of pyridine rings is 1. The molecule has 0 saturated heterocycles. The number of ether oxygens (including phenoxy) is 1. The maximum atomic E-state index is 13.6. The predicted molar refractivity (Wildman–Crippen MR) is 140 cm³/mol. The highest BCUT2D eigenvalue weighted by atomic mass is 19.4. The van der Waals surface area contributed by atoms with Crippen LogP contribution in [0.2, 0.25) is 0 Å². The maximum Gasteiger partial charge on any atom is 0.416 e. The Bertz CT molecular complexity index is 1420. The predicted octanol–water partition coefficient (Wildman–Crippen LogP) is 5.81. The molecule has 16 heteroatoms. The molecule has 0 radical (unpaired) electrons. The van der Waals surface area contributed by atoms with Crippen LogP contribution in [-0.2, 0) is 30.7 Å². The second kappa shape index (κ2) is 11.3. The Balaban J connectivity index is 1.90. The fraction of sp³-hybridized carbons (Fsp3) is 0.500. The molecule has 1 aliphatic heterocycles. The summed E-state index contributed by atoms with van der Waals surface area (Å²) in [4.78, 5) is 21.7. The van der Waals surface area contributed by atoms with Crippen LogP contribution in [0.15, 0.2) is 24.3 Å². The van der Waals surface area contributed by atoms with Gasteiger partial charge in [0.2, 0.25) is 0 Å². The molecule has 4 rings (SSSR count). The monoisotopic (exact) mass is 600 g/mol. The number of anilines is 3. The molecular weight excluding hydrogens is 570 g/mol. The summed E-state index contributed by atoms with van der Waals surface area (Å²) in [6.07, 6.45) is -10.5. The molecule has 2 aromatic heterocycles.